The summed E-state index contributed by atoms with van der Waals surface area (Å²) in [5.41, 5.74) is 0.474. The lowest BCUT2D eigenvalue weighted by Gasteiger charge is -2.36. The van der Waals surface area contributed by atoms with Crippen LogP contribution in [0.3, 0.4) is 0 Å². The van der Waals surface area contributed by atoms with Gasteiger partial charge in [-0.2, -0.15) is 5.26 Å². The van der Waals surface area contributed by atoms with E-state index in [9.17, 15) is 4.79 Å². The van der Waals surface area contributed by atoms with E-state index >= 15 is 0 Å². The molecule has 0 aromatic heterocycles. The molecule has 1 aliphatic rings. The molecule has 1 unspecified atom stereocenters. The molecule has 1 saturated heterocycles. The van der Waals surface area contributed by atoms with Crippen LogP contribution in [-0.2, 0) is 0 Å². The Morgan fingerprint density at radius 2 is 2.00 bits per heavy atom. The smallest absolute Gasteiger partial charge is 0.255 e. The third kappa shape index (κ3) is 3.68. The number of nitriles is 1. The Morgan fingerprint density at radius 3 is 2.52 bits per heavy atom. The molecule has 1 aliphatic heterocycles. The zero-order valence-corrected chi connectivity index (χ0v) is 13.4. The summed E-state index contributed by atoms with van der Waals surface area (Å²) in [6, 6.07) is 7.13. The molecule has 0 spiro atoms. The second-order valence-corrected chi connectivity index (χ2v) is 5.85. The fourth-order valence-electron chi connectivity index (χ4n) is 2.50. The molecule has 112 valence electrons. The van der Waals surface area contributed by atoms with E-state index in [1.807, 2.05) is 6.92 Å². The van der Waals surface area contributed by atoms with E-state index < -0.39 is 0 Å². The molecule has 1 heterocycles. The molecule has 6 heteroatoms. The highest BCUT2D eigenvalue weighted by molar-refractivity contribution is 6.36. The topological polar surface area (TPSA) is 47.3 Å². The molecule has 0 radical (unpaired) electrons. The van der Waals surface area contributed by atoms with Crippen molar-refractivity contribution in [2.45, 2.75) is 19.4 Å². The summed E-state index contributed by atoms with van der Waals surface area (Å²) in [7, 11) is 0. The van der Waals surface area contributed by atoms with Crippen LogP contribution in [0.25, 0.3) is 0 Å². The highest BCUT2D eigenvalue weighted by Gasteiger charge is 2.26. The van der Waals surface area contributed by atoms with Crippen molar-refractivity contribution < 1.29 is 4.79 Å². The predicted octanol–water partition coefficient (Wildman–Crippen LogP) is 3.05. The second-order valence-electron chi connectivity index (χ2n) is 5.01. The number of hydrogen-bond acceptors (Lipinski definition) is 3. The molecule has 1 aromatic carbocycles. The van der Waals surface area contributed by atoms with Crippen molar-refractivity contribution in [3.05, 3.63) is 33.8 Å². The lowest BCUT2D eigenvalue weighted by molar-refractivity contribution is 0.0604. The summed E-state index contributed by atoms with van der Waals surface area (Å²) in [5.74, 6) is -0.0821. The predicted molar refractivity (Wildman–Crippen MR) is 83.6 cm³/mol. The molecule has 0 N–H and O–H groups in total. The third-order valence-electron chi connectivity index (χ3n) is 3.74. The fraction of sp³-hybridized carbons (Fsp3) is 0.467. The molecule has 2 rings (SSSR count). The second kappa shape index (κ2) is 7.13. The number of benzene rings is 1. The average Bonchev–Trinajstić information content (AvgIpc) is 2.48. The first kappa shape index (κ1) is 16.1. The highest BCUT2D eigenvalue weighted by Crippen LogP contribution is 2.23. The molecule has 0 bridgehead atoms. The van der Waals surface area contributed by atoms with Gasteiger partial charge in [0.05, 0.1) is 22.7 Å². The zero-order chi connectivity index (χ0) is 15.4. The van der Waals surface area contributed by atoms with Crippen LogP contribution in [0, 0.1) is 11.3 Å². The molecule has 0 aliphatic carbocycles. The van der Waals surface area contributed by atoms with Gasteiger partial charge in [-0.1, -0.05) is 30.1 Å². The van der Waals surface area contributed by atoms with E-state index in [2.05, 4.69) is 11.0 Å². The van der Waals surface area contributed by atoms with Gasteiger partial charge in [-0.3, -0.25) is 9.69 Å². The first-order valence-corrected chi connectivity index (χ1v) is 7.70. The van der Waals surface area contributed by atoms with Gasteiger partial charge in [-0.15, -0.1) is 0 Å². The van der Waals surface area contributed by atoms with Crippen molar-refractivity contribution in [2.24, 2.45) is 0 Å². The van der Waals surface area contributed by atoms with Crippen molar-refractivity contribution >= 4 is 29.1 Å². The van der Waals surface area contributed by atoms with Crippen LogP contribution in [0.1, 0.15) is 23.7 Å². The van der Waals surface area contributed by atoms with Gasteiger partial charge >= 0.3 is 0 Å². The van der Waals surface area contributed by atoms with E-state index in [4.69, 9.17) is 28.5 Å². The Balaban J connectivity index is 2.02. The van der Waals surface area contributed by atoms with Gasteiger partial charge in [0.25, 0.3) is 5.91 Å². The quantitative estimate of drug-likeness (QED) is 0.858. The Labute approximate surface area is 134 Å². The molecule has 21 heavy (non-hydrogen) atoms. The van der Waals surface area contributed by atoms with E-state index in [0.717, 1.165) is 6.42 Å². The summed E-state index contributed by atoms with van der Waals surface area (Å²) >= 11 is 11.9. The van der Waals surface area contributed by atoms with Crippen molar-refractivity contribution in [3.8, 4) is 6.07 Å². The number of hydrogen-bond donors (Lipinski definition) is 0. The summed E-state index contributed by atoms with van der Waals surface area (Å²) in [6.45, 7) is 4.64. The monoisotopic (exact) mass is 325 g/mol. The summed E-state index contributed by atoms with van der Waals surface area (Å²) in [5, 5.41) is 9.98. The first-order chi connectivity index (χ1) is 10.1. The lowest BCUT2D eigenvalue weighted by atomic mass is 10.1. The third-order valence-corrected chi connectivity index (χ3v) is 4.29. The maximum atomic E-state index is 12.5. The van der Waals surface area contributed by atoms with Gasteiger partial charge in [0.15, 0.2) is 0 Å². The molecule has 1 fully saturated rings. The summed E-state index contributed by atoms with van der Waals surface area (Å²) < 4.78 is 0. The van der Waals surface area contributed by atoms with Crippen LogP contribution in [0.15, 0.2) is 18.2 Å². The van der Waals surface area contributed by atoms with E-state index in [1.54, 1.807) is 23.1 Å². The number of rotatable bonds is 3. The van der Waals surface area contributed by atoms with Crippen LogP contribution in [-0.4, -0.2) is 47.9 Å². The van der Waals surface area contributed by atoms with Gasteiger partial charge in [0.1, 0.15) is 0 Å². The standard InChI is InChI=1S/C15H17Cl2N3O/c1-2-12(10-18)19-5-7-20(8-6-19)15(21)13-4-3-11(16)9-14(13)17/h3-4,9,12H,2,5-8H2,1H3. The number of amides is 1. The maximum absolute atomic E-state index is 12.5. The molecule has 0 saturated carbocycles. The largest absolute Gasteiger partial charge is 0.336 e. The Hall–Kier alpha value is -1.28. The molecule has 1 amide bonds. The zero-order valence-electron chi connectivity index (χ0n) is 11.9. The number of nitrogens with zero attached hydrogens (tertiary/aromatic N) is 3. The minimum Gasteiger partial charge on any atom is -0.336 e. The van der Waals surface area contributed by atoms with Gasteiger partial charge in [0, 0.05) is 31.2 Å². The van der Waals surface area contributed by atoms with Crippen LogP contribution >= 0.6 is 23.2 Å². The molecular weight excluding hydrogens is 309 g/mol. The van der Waals surface area contributed by atoms with Crippen LogP contribution in [0.5, 0.6) is 0 Å². The van der Waals surface area contributed by atoms with Gasteiger partial charge in [0.2, 0.25) is 0 Å². The number of carbonyl (C=O) groups excluding carboxylic acids is 1. The lowest BCUT2D eigenvalue weighted by Crippen LogP contribution is -2.51. The molecule has 4 nitrogen and oxygen atoms in total. The van der Waals surface area contributed by atoms with Crippen molar-refractivity contribution in [1.29, 1.82) is 5.26 Å². The number of halogens is 2. The van der Waals surface area contributed by atoms with Gasteiger partial charge in [-0.25, -0.2) is 0 Å². The minimum atomic E-state index is -0.0821. The van der Waals surface area contributed by atoms with Gasteiger partial charge in [-0.05, 0) is 24.6 Å². The summed E-state index contributed by atoms with van der Waals surface area (Å²) in [6.07, 6.45) is 0.799. The molecule has 1 atom stereocenters. The molecule has 1 aromatic rings. The maximum Gasteiger partial charge on any atom is 0.255 e. The number of piperazine rings is 1. The first-order valence-electron chi connectivity index (χ1n) is 6.94. The van der Waals surface area contributed by atoms with Crippen molar-refractivity contribution in [3.63, 3.8) is 0 Å². The normalized spacial score (nSPS) is 17.3. The van der Waals surface area contributed by atoms with E-state index in [0.29, 0.717) is 41.8 Å². The van der Waals surface area contributed by atoms with Crippen molar-refractivity contribution in [2.75, 3.05) is 26.2 Å². The Morgan fingerprint density at radius 1 is 1.33 bits per heavy atom. The average molecular weight is 326 g/mol. The van der Waals surface area contributed by atoms with Crippen LogP contribution < -0.4 is 0 Å². The van der Waals surface area contributed by atoms with Crippen molar-refractivity contribution in [1.82, 2.24) is 9.80 Å². The Kier molecular flexibility index (Phi) is 5.46. The number of carbonyl (C=O) groups is 1. The van der Waals surface area contributed by atoms with E-state index in [-0.39, 0.29) is 11.9 Å². The van der Waals surface area contributed by atoms with Crippen LogP contribution in [0.4, 0.5) is 0 Å². The highest BCUT2D eigenvalue weighted by atomic mass is 35.5. The van der Waals surface area contributed by atoms with E-state index in [1.165, 1.54) is 0 Å². The molecular formula is C15H17Cl2N3O. The SMILES string of the molecule is CCC(C#N)N1CCN(C(=O)c2ccc(Cl)cc2Cl)CC1. The summed E-state index contributed by atoms with van der Waals surface area (Å²) in [4.78, 5) is 16.4. The van der Waals surface area contributed by atoms with Crippen LogP contribution in [0.2, 0.25) is 10.0 Å². The fourth-order valence-corrected chi connectivity index (χ4v) is 2.99. The Bertz CT molecular complexity index is 563. The van der Waals surface area contributed by atoms with Gasteiger partial charge < -0.3 is 4.90 Å². The minimum absolute atomic E-state index is 0.0682.